The molecular formula is C13H21N3O. The summed E-state index contributed by atoms with van der Waals surface area (Å²) in [5.74, 6) is 1.07. The largest absolute Gasteiger partial charge is 0.373 e. The zero-order chi connectivity index (χ0) is 11.8. The van der Waals surface area contributed by atoms with E-state index in [0.29, 0.717) is 6.04 Å². The number of hydrogen-bond donors (Lipinski definition) is 1. The minimum Gasteiger partial charge on any atom is -0.373 e. The summed E-state index contributed by atoms with van der Waals surface area (Å²) in [5, 5.41) is 9.90. The second kappa shape index (κ2) is 4.42. The predicted octanol–water partition coefficient (Wildman–Crippen LogP) is 1.35. The van der Waals surface area contributed by atoms with Gasteiger partial charge in [-0.25, -0.2) is 4.98 Å². The van der Waals surface area contributed by atoms with Crippen LogP contribution in [-0.2, 0) is 12.8 Å². The summed E-state index contributed by atoms with van der Waals surface area (Å²) in [5.41, 5.74) is 1.15. The second-order valence-electron chi connectivity index (χ2n) is 5.41. The molecule has 0 aliphatic carbocycles. The summed E-state index contributed by atoms with van der Waals surface area (Å²) in [6.07, 6.45) is 8.26. The van der Waals surface area contributed by atoms with Crippen molar-refractivity contribution in [3.8, 4) is 0 Å². The van der Waals surface area contributed by atoms with Crippen molar-refractivity contribution in [1.82, 2.24) is 14.5 Å². The number of likely N-dealkylation sites (tertiary alicyclic amines) is 1. The molecular weight excluding hydrogens is 214 g/mol. The highest BCUT2D eigenvalue weighted by molar-refractivity contribution is 5.09. The molecule has 17 heavy (non-hydrogen) atoms. The first-order valence-corrected chi connectivity index (χ1v) is 6.69. The van der Waals surface area contributed by atoms with Crippen LogP contribution >= 0.6 is 0 Å². The minimum absolute atomic E-state index is 0.346. The highest BCUT2D eigenvalue weighted by Crippen LogP contribution is 2.24. The number of aromatic nitrogens is 2. The number of nitrogens with zero attached hydrogens (tertiary/aromatic N) is 3. The zero-order valence-electron chi connectivity index (χ0n) is 10.5. The number of fused-ring (bicyclic) bond motifs is 1. The van der Waals surface area contributed by atoms with Crippen LogP contribution in [0, 0.1) is 0 Å². The number of aliphatic hydroxyl groups excluding tert-OH is 1. The van der Waals surface area contributed by atoms with E-state index in [1.54, 1.807) is 0 Å². The fourth-order valence-corrected chi connectivity index (χ4v) is 3.09. The van der Waals surface area contributed by atoms with Crippen LogP contribution in [0.4, 0.5) is 0 Å². The predicted molar refractivity (Wildman–Crippen MR) is 65.8 cm³/mol. The third-order valence-corrected chi connectivity index (χ3v) is 4.16. The van der Waals surface area contributed by atoms with Crippen LogP contribution < -0.4 is 0 Å². The lowest BCUT2D eigenvalue weighted by molar-refractivity contribution is 0.0780. The summed E-state index contributed by atoms with van der Waals surface area (Å²) < 4.78 is 1.97. The van der Waals surface area contributed by atoms with Gasteiger partial charge in [0.1, 0.15) is 12.1 Å². The van der Waals surface area contributed by atoms with E-state index < -0.39 is 0 Å². The molecule has 4 nitrogen and oxygen atoms in total. The maximum Gasteiger partial charge on any atom is 0.131 e. The third kappa shape index (κ3) is 2.11. The van der Waals surface area contributed by atoms with Crippen LogP contribution in [0.25, 0.3) is 0 Å². The van der Waals surface area contributed by atoms with E-state index in [1.165, 1.54) is 19.4 Å². The average molecular weight is 235 g/mol. The summed E-state index contributed by atoms with van der Waals surface area (Å²) in [7, 11) is 2.20. The van der Waals surface area contributed by atoms with E-state index in [-0.39, 0.29) is 6.23 Å². The standard InChI is InChI=1S/C13H21N3O/c1-15-7-3-4-11(15)8-10-9-16-12(14-10)5-2-6-13(16)17/h9,11,13,17H,2-8H2,1H3. The Kier molecular flexibility index (Phi) is 2.92. The molecule has 0 amide bonds. The van der Waals surface area contributed by atoms with Crippen molar-refractivity contribution >= 4 is 0 Å². The molecule has 1 saturated heterocycles. The Morgan fingerprint density at radius 2 is 2.29 bits per heavy atom. The number of rotatable bonds is 2. The van der Waals surface area contributed by atoms with Crippen LogP contribution in [0.15, 0.2) is 6.20 Å². The molecule has 3 rings (SSSR count). The molecule has 0 aromatic carbocycles. The van der Waals surface area contributed by atoms with E-state index >= 15 is 0 Å². The van der Waals surface area contributed by atoms with Crippen LogP contribution in [0.3, 0.4) is 0 Å². The van der Waals surface area contributed by atoms with Gasteiger partial charge in [-0.3, -0.25) is 0 Å². The first-order valence-electron chi connectivity index (χ1n) is 6.69. The van der Waals surface area contributed by atoms with Gasteiger partial charge in [0.25, 0.3) is 0 Å². The fraction of sp³-hybridized carbons (Fsp3) is 0.769. The number of aryl methyl sites for hydroxylation is 1. The normalized spacial score (nSPS) is 29.5. The third-order valence-electron chi connectivity index (χ3n) is 4.16. The van der Waals surface area contributed by atoms with Gasteiger partial charge in [-0.2, -0.15) is 0 Å². The van der Waals surface area contributed by atoms with Crippen molar-refractivity contribution in [1.29, 1.82) is 0 Å². The van der Waals surface area contributed by atoms with Crippen LogP contribution in [-0.4, -0.2) is 39.2 Å². The maximum atomic E-state index is 9.90. The van der Waals surface area contributed by atoms with E-state index in [0.717, 1.165) is 37.2 Å². The van der Waals surface area contributed by atoms with Crippen LogP contribution in [0.2, 0.25) is 0 Å². The van der Waals surface area contributed by atoms with Gasteiger partial charge in [0.05, 0.1) is 5.69 Å². The van der Waals surface area contributed by atoms with Crippen molar-refractivity contribution in [3.63, 3.8) is 0 Å². The van der Waals surface area contributed by atoms with Gasteiger partial charge in [0.15, 0.2) is 0 Å². The highest BCUT2D eigenvalue weighted by Gasteiger charge is 2.24. The monoisotopic (exact) mass is 235 g/mol. The SMILES string of the molecule is CN1CCCC1Cc1cn2c(n1)CCCC2O. The van der Waals surface area contributed by atoms with E-state index in [4.69, 9.17) is 0 Å². The van der Waals surface area contributed by atoms with Crippen LogP contribution in [0.1, 0.15) is 43.4 Å². The maximum absolute atomic E-state index is 9.90. The smallest absolute Gasteiger partial charge is 0.131 e. The minimum atomic E-state index is -0.346. The Morgan fingerprint density at radius 1 is 1.41 bits per heavy atom. The molecule has 0 bridgehead atoms. The van der Waals surface area contributed by atoms with Crippen molar-refractivity contribution in [2.24, 2.45) is 0 Å². The molecule has 1 N–H and O–H groups in total. The summed E-state index contributed by atoms with van der Waals surface area (Å²) in [4.78, 5) is 7.10. The molecule has 1 fully saturated rings. The van der Waals surface area contributed by atoms with Gasteiger partial charge in [-0.05, 0) is 39.3 Å². The number of imidazole rings is 1. The zero-order valence-corrected chi connectivity index (χ0v) is 10.5. The van der Waals surface area contributed by atoms with Crippen molar-refractivity contribution in [3.05, 3.63) is 17.7 Å². The average Bonchev–Trinajstić information content (AvgIpc) is 2.87. The topological polar surface area (TPSA) is 41.3 Å². The molecule has 2 aliphatic heterocycles. The molecule has 4 heteroatoms. The molecule has 1 aromatic rings. The summed E-state index contributed by atoms with van der Waals surface area (Å²) >= 11 is 0. The van der Waals surface area contributed by atoms with Gasteiger partial charge in [-0.1, -0.05) is 0 Å². The molecule has 0 radical (unpaired) electrons. The Morgan fingerprint density at radius 3 is 3.00 bits per heavy atom. The molecule has 2 unspecified atom stereocenters. The van der Waals surface area contributed by atoms with E-state index in [2.05, 4.69) is 23.1 Å². The van der Waals surface area contributed by atoms with Gasteiger partial charge >= 0.3 is 0 Å². The number of aliphatic hydroxyl groups is 1. The van der Waals surface area contributed by atoms with Gasteiger partial charge in [0.2, 0.25) is 0 Å². The molecule has 0 spiro atoms. The molecule has 3 heterocycles. The highest BCUT2D eigenvalue weighted by atomic mass is 16.3. The number of hydrogen-bond acceptors (Lipinski definition) is 3. The summed E-state index contributed by atoms with van der Waals surface area (Å²) in [6, 6.07) is 0.643. The van der Waals surface area contributed by atoms with Gasteiger partial charge in [0, 0.05) is 25.1 Å². The second-order valence-corrected chi connectivity index (χ2v) is 5.41. The van der Waals surface area contributed by atoms with Crippen molar-refractivity contribution in [2.45, 2.75) is 50.8 Å². The van der Waals surface area contributed by atoms with Crippen LogP contribution in [0.5, 0.6) is 0 Å². The fourth-order valence-electron chi connectivity index (χ4n) is 3.09. The van der Waals surface area contributed by atoms with Gasteiger partial charge < -0.3 is 14.6 Å². The molecule has 2 atom stereocenters. The van der Waals surface area contributed by atoms with E-state index in [1.807, 2.05) is 4.57 Å². The Balaban J connectivity index is 1.75. The van der Waals surface area contributed by atoms with Crippen molar-refractivity contribution < 1.29 is 5.11 Å². The Bertz CT molecular complexity index is 401. The quantitative estimate of drug-likeness (QED) is 0.841. The van der Waals surface area contributed by atoms with Crippen molar-refractivity contribution in [2.75, 3.05) is 13.6 Å². The van der Waals surface area contributed by atoms with Gasteiger partial charge in [-0.15, -0.1) is 0 Å². The van der Waals surface area contributed by atoms with E-state index in [9.17, 15) is 5.11 Å². The lowest BCUT2D eigenvalue weighted by Gasteiger charge is -2.19. The first kappa shape index (κ1) is 11.2. The Labute approximate surface area is 102 Å². The first-order chi connectivity index (χ1) is 8.24. The summed E-state index contributed by atoms with van der Waals surface area (Å²) in [6.45, 7) is 1.21. The lowest BCUT2D eigenvalue weighted by atomic mass is 10.1. The number of likely N-dealkylation sites (N-methyl/N-ethyl adjacent to an activating group) is 1. The lowest BCUT2D eigenvalue weighted by Crippen LogP contribution is -2.26. The molecule has 1 aromatic heterocycles. The molecule has 94 valence electrons. The Hall–Kier alpha value is -0.870. The molecule has 2 aliphatic rings. The molecule has 0 saturated carbocycles.